The van der Waals surface area contributed by atoms with Gasteiger partial charge in [-0.2, -0.15) is 0 Å². The van der Waals surface area contributed by atoms with Crippen molar-refractivity contribution in [1.82, 2.24) is 0 Å². The molecular formula is C44H56O7. The Morgan fingerprint density at radius 1 is 0.784 bits per heavy atom. The lowest BCUT2D eigenvalue weighted by Crippen LogP contribution is -2.25. The number of allylic oxidation sites excluding steroid dienone is 10. The Morgan fingerprint density at radius 3 is 2.04 bits per heavy atom. The molecule has 0 amide bonds. The molecule has 0 bridgehead atoms. The first kappa shape index (κ1) is 40.8. The molecule has 0 aliphatic heterocycles. The molecule has 7 nitrogen and oxygen atoms in total. The maximum atomic E-state index is 13.3. The molecular weight excluding hydrogens is 640 g/mol. The fourth-order valence-corrected chi connectivity index (χ4v) is 6.23. The quantitative estimate of drug-likeness (QED) is 0.0781. The van der Waals surface area contributed by atoms with Gasteiger partial charge in [0.1, 0.15) is 28.8 Å². The second-order valence-electron chi connectivity index (χ2n) is 14.5. The predicted molar refractivity (Wildman–Crippen MR) is 207 cm³/mol. The fraction of sp³-hybridized carbons (Fsp3) is 0.409. The van der Waals surface area contributed by atoms with Gasteiger partial charge in [-0.1, -0.05) is 52.2 Å². The predicted octanol–water partition coefficient (Wildman–Crippen LogP) is 10.5. The number of aryl methyl sites for hydroxylation is 2. The topological polar surface area (TPSA) is 128 Å². The van der Waals surface area contributed by atoms with E-state index in [1.807, 2.05) is 85.8 Å². The van der Waals surface area contributed by atoms with E-state index in [4.69, 9.17) is 4.42 Å². The molecule has 2 aromatic rings. The zero-order chi connectivity index (χ0) is 38.0. The molecule has 51 heavy (non-hydrogen) atoms. The van der Waals surface area contributed by atoms with Crippen molar-refractivity contribution < 1.29 is 34.4 Å². The van der Waals surface area contributed by atoms with Gasteiger partial charge in [0.2, 0.25) is 11.6 Å². The summed E-state index contributed by atoms with van der Waals surface area (Å²) in [7, 11) is 0. The van der Waals surface area contributed by atoms with E-state index in [0.717, 1.165) is 64.7 Å². The van der Waals surface area contributed by atoms with E-state index in [2.05, 4.69) is 6.08 Å². The Morgan fingerprint density at radius 2 is 1.41 bits per heavy atom. The Kier molecular flexibility index (Phi) is 14.9. The molecule has 1 aromatic heterocycles. The molecule has 0 saturated heterocycles. The maximum Gasteiger partial charge on any atom is 0.233 e. The molecule has 274 valence electrons. The number of hydrogen-bond donors (Lipinski definition) is 4. The summed E-state index contributed by atoms with van der Waals surface area (Å²) in [4.78, 5) is 26.4. The van der Waals surface area contributed by atoms with Crippen LogP contribution in [0, 0.1) is 6.92 Å². The van der Waals surface area contributed by atoms with Gasteiger partial charge >= 0.3 is 0 Å². The van der Waals surface area contributed by atoms with Crippen LogP contribution in [0.1, 0.15) is 122 Å². The van der Waals surface area contributed by atoms with E-state index < -0.39 is 17.7 Å². The van der Waals surface area contributed by atoms with E-state index in [-0.39, 0.29) is 40.4 Å². The fourth-order valence-electron chi connectivity index (χ4n) is 6.23. The SMILES string of the molecule is CC(C)=Cc1cc(CCC/C(C)=C/Cc2c(O)cc(C)cc2O)c(C2=C(C)C(=O)C(=O)C(C/C=C(\C)CC/C=C(\C)CC(O)C=C(C)C)=C2O)o1. The van der Waals surface area contributed by atoms with Crippen molar-refractivity contribution in [3.8, 4) is 11.5 Å². The van der Waals surface area contributed by atoms with E-state index in [0.29, 0.717) is 36.3 Å². The highest BCUT2D eigenvalue weighted by Gasteiger charge is 2.35. The third kappa shape index (κ3) is 11.7. The Bertz CT molecular complexity index is 1820. The number of aliphatic hydroxyl groups excluding tert-OH is 2. The minimum Gasteiger partial charge on any atom is -0.508 e. The lowest BCUT2D eigenvalue weighted by Gasteiger charge is -2.19. The van der Waals surface area contributed by atoms with E-state index >= 15 is 0 Å². The van der Waals surface area contributed by atoms with Crippen LogP contribution in [-0.2, 0) is 22.4 Å². The number of phenols is 2. The molecule has 1 aliphatic carbocycles. The largest absolute Gasteiger partial charge is 0.508 e. The zero-order valence-electron chi connectivity index (χ0n) is 31.9. The van der Waals surface area contributed by atoms with E-state index in [9.17, 15) is 30.0 Å². The molecule has 1 aromatic carbocycles. The van der Waals surface area contributed by atoms with Crippen LogP contribution in [-0.4, -0.2) is 38.1 Å². The summed E-state index contributed by atoms with van der Waals surface area (Å²) in [6.45, 7) is 17.2. The second kappa shape index (κ2) is 18.6. The van der Waals surface area contributed by atoms with Gasteiger partial charge in [-0.15, -0.1) is 0 Å². The highest BCUT2D eigenvalue weighted by atomic mass is 16.3. The third-order valence-electron chi connectivity index (χ3n) is 8.97. The van der Waals surface area contributed by atoms with Crippen molar-refractivity contribution in [3.05, 3.63) is 115 Å². The molecule has 3 rings (SSSR count). The van der Waals surface area contributed by atoms with Crippen LogP contribution in [0.2, 0.25) is 0 Å². The smallest absolute Gasteiger partial charge is 0.233 e. The van der Waals surface area contributed by atoms with Crippen molar-refractivity contribution in [2.45, 2.75) is 120 Å². The minimum absolute atomic E-state index is 0.0593. The first-order valence-corrected chi connectivity index (χ1v) is 17.8. The number of Topliss-reactive ketones (excluding diaryl/α,β-unsaturated/α-hetero) is 2. The van der Waals surface area contributed by atoms with Crippen molar-refractivity contribution in [2.24, 2.45) is 0 Å². The molecule has 1 heterocycles. The van der Waals surface area contributed by atoms with Crippen LogP contribution in [0.5, 0.6) is 11.5 Å². The molecule has 0 fully saturated rings. The summed E-state index contributed by atoms with van der Waals surface area (Å²) in [5.74, 6) is -0.437. The average molecular weight is 697 g/mol. The summed E-state index contributed by atoms with van der Waals surface area (Å²) in [6, 6.07) is 5.20. The van der Waals surface area contributed by atoms with Crippen LogP contribution >= 0.6 is 0 Å². The van der Waals surface area contributed by atoms with Crippen molar-refractivity contribution in [1.29, 1.82) is 0 Å². The Hall–Kier alpha value is -4.62. The van der Waals surface area contributed by atoms with Gasteiger partial charge in [0, 0.05) is 16.7 Å². The van der Waals surface area contributed by atoms with Crippen molar-refractivity contribution in [2.75, 3.05) is 0 Å². The van der Waals surface area contributed by atoms with Gasteiger partial charge in [-0.25, -0.2) is 0 Å². The Labute approximate surface area is 303 Å². The maximum absolute atomic E-state index is 13.3. The summed E-state index contributed by atoms with van der Waals surface area (Å²) < 4.78 is 6.28. The lowest BCUT2D eigenvalue weighted by molar-refractivity contribution is -0.132. The summed E-state index contributed by atoms with van der Waals surface area (Å²) >= 11 is 0. The van der Waals surface area contributed by atoms with Gasteiger partial charge in [0.05, 0.1) is 11.7 Å². The van der Waals surface area contributed by atoms with Crippen LogP contribution in [0.25, 0.3) is 11.6 Å². The van der Waals surface area contributed by atoms with Crippen LogP contribution in [0.4, 0.5) is 0 Å². The molecule has 0 saturated carbocycles. The van der Waals surface area contributed by atoms with Crippen LogP contribution < -0.4 is 0 Å². The average Bonchev–Trinajstić information content (AvgIpc) is 3.39. The van der Waals surface area contributed by atoms with Gasteiger partial charge in [0.25, 0.3) is 0 Å². The second-order valence-corrected chi connectivity index (χ2v) is 14.5. The van der Waals surface area contributed by atoms with E-state index in [1.165, 1.54) is 0 Å². The summed E-state index contributed by atoms with van der Waals surface area (Å²) in [5, 5.41) is 42.3. The first-order chi connectivity index (χ1) is 24.0. The molecule has 7 heteroatoms. The monoisotopic (exact) mass is 696 g/mol. The molecule has 0 radical (unpaired) electrons. The van der Waals surface area contributed by atoms with Gasteiger partial charge in [0.15, 0.2) is 0 Å². The number of ketones is 2. The summed E-state index contributed by atoms with van der Waals surface area (Å²) in [5.41, 5.74) is 7.90. The number of aromatic hydroxyl groups is 2. The third-order valence-corrected chi connectivity index (χ3v) is 8.97. The molecule has 4 N–H and O–H groups in total. The molecule has 1 atom stereocenters. The number of rotatable bonds is 16. The highest BCUT2D eigenvalue weighted by Crippen LogP contribution is 2.38. The van der Waals surface area contributed by atoms with Crippen LogP contribution in [0.3, 0.4) is 0 Å². The normalized spacial score (nSPS) is 15.1. The van der Waals surface area contributed by atoms with Gasteiger partial charge < -0.3 is 24.8 Å². The molecule has 1 unspecified atom stereocenters. The zero-order valence-corrected chi connectivity index (χ0v) is 31.9. The highest BCUT2D eigenvalue weighted by molar-refractivity contribution is 6.52. The van der Waals surface area contributed by atoms with Crippen LogP contribution in [0.15, 0.2) is 91.7 Å². The molecule has 1 aliphatic rings. The van der Waals surface area contributed by atoms with Gasteiger partial charge in [-0.3, -0.25) is 9.59 Å². The number of hydrogen-bond acceptors (Lipinski definition) is 7. The number of carbonyl (C=O) groups excluding carboxylic acids is 2. The van der Waals surface area contributed by atoms with E-state index in [1.54, 1.807) is 19.1 Å². The number of phenolic OH excluding ortho intramolecular Hbond substituents is 2. The lowest BCUT2D eigenvalue weighted by atomic mass is 9.85. The van der Waals surface area contributed by atoms with Crippen molar-refractivity contribution in [3.63, 3.8) is 0 Å². The van der Waals surface area contributed by atoms with Gasteiger partial charge in [-0.05, 0) is 149 Å². The minimum atomic E-state index is -0.703. The Balaban J connectivity index is 1.82. The number of benzene rings is 1. The standard InChI is InChI=1S/C44H56O7/c1-26(2)20-34(45)22-30(7)14-10-12-28(5)17-19-37-42(49)40(32(9)41(48)43(37)50)44-33(25-35(51-44)21-27(3)4)15-11-13-29(6)16-18-36-38(46)23-31(8)24-39(36)47/h14,16-17,20-21,23-25,34,45-47,49H,10-13,15,18-19,22H2,1-9H3/b28-17+,29-16+,30-14+. The number of aliphatic hydroxyl groups is 2. The first-order valence-electron chi connectivity index (χ1n) is 17.8. The number of carbonyl (C=O) groups is 2. The molecule has 0 spiro atoms. The van der Waals surface area contributed by atoms with Crippen molar-refractivity contribution >= 4 is 23.2 Å². The number of furan rings is 1. The summed E-state index contributed by atoms with van der Waals surface area (Å²) in [6.07, 6.45) is 13.9.